The molecule has 0 radical (unpaired) electrons. The van der Waals surface area contributed by atoms with Crippen LogP contribution in [0.4, 0.5) is 11.7 Å². The Morgan fingerprint density at radius 2 is 1.81 bits per heavy atom. The Kier molecular flexibility index (Phi) is 5.08. The van der Waals surface area contributed by atoms with Gasteiger partial charge in [-0.15, -0.1) is 5.10 Å². The second-order valence-corrected chi connectivity index (χ2v) is 6.16. The summed E-state index contributed by atoms with van der Waals surface area (Å²) in [6, 6.07) is 7.93. The summed E-state index contributed by atoms with van der Waals surface area (Å²) in [6.07, 6.45) is 0. The zero-order valence-corrected chi connectivity index (χ0v) is 14.8. The number of nitrogens with zero attached hydrogens (tertiary/aromatic N) is 3. The van der Waals surface area contributed by atoms with Crippen molar-refractivity contribution in [1.29, 1.82) is 0 Å². The Morgan fingerprint density at radius 3 is 2.54 bits per heavy atom. The molecule has 0 saturated heterocycles. The first-order chi connectivity index (χ1) is 12.3. The molecule has 26 heavy (non-hydrogen) atoms. The van der Waals surface area contributed by atoms with Crippen LogP contribution in [0.2, 0.25) is 15.1 Å². The molecule has 0 bridgehead atoms. The Balaban J connectivity index is 1.86. The van der Waals surface area contributed by atoms with Gasteiger partial charge in [-0.1, -0.05) is 39.9 Å². The molecule has 0 atom stereocenters. The van der Waals surface area contributed by atoms with E-state index in [0.717, 1.165) is 6.07 Å². The van der Waals surface area contributed by atoms with E-state index in [1.165, 1.54) is 18.2 Å². The fraction of sp³-hybridized carbons (Fsp3) is 0. The summed E-state index contributed by atoms with van der Waals surface area (Å²) in [6.45, 7) is 0. The van der Waals surface area contributed by atoms with E-state index >= 15 is 0 Å². The summed E-state index contributed by atoms with van der Waals surface area (Å²) in [7, 11) is 0. The third-order valence-electron chi connectivity index (χ3n) is 3.21. The molecule has 132 valence electrons. The molecule has 1 amide bonds. The van der Waals surface area contributed by atoms with E-state index < -0.39 is 10.8 Å². The van der Waals surface area contributed by atoms with Crippen molar-refractivity contribution in [3.63, 3.8) is 0 Å². The van der Waals surface area contributed by atoms with Gasteiger partial charge in [0.15, 0.2) is 0 Å². The van der Waals surface area contributed by atoms with Crippen molar-refractivity contribution in [3.8, 4) is 11.5 Å². The van der Waals surface area contributed by atoms with E-state index in [9.17, 15) is 14.9 Å². The first-order valence-electron chi connectivity index (χ1n) is 6.89. The van der Waals surface area contributed by atoms with Crippen LogP contribution in [0, 0.1) is 10.1 Å². The Bertz CT molecular complexity index is 1020. The van der Waals surface area contributed by atoms with Crippen molar-refractivity contribution in [2.24, 2.45) is 0 Å². The number of halogens is 3. The molecule has 8 nitrogen and oxygen atoms in total. The van der Waals surface area contributed by atoms with Gasteiger partial charge in [0.1, 0.15) is 0 Å². The average molecular weight is 414 g/mol. The summed E-state index contributed by atoms with van der Waals surface area (Å²) in [4.78, 5) is 22.5. The van der Waals surface area contributed by atoms with Crippen molar-refractivity contribution in [1.82, 2.24) is 10.2 Å². The van der Waals surface area contributed by atoms with Gasteiger partial charge in [0.05, 0.1) is 26.1 Å². The predicted molar refractivity (Wildman–Crippen MR) is 95.8 cm³/mol. The smallest absolute Gasteiger partial charge is 0.322 e. The highest BCUT2D eigenvalue weighted by atomic mass is 35.5. The summed E-state index contributed by atoms with van der Waals surface area (Å²) in [5.41, 5.74) is -0.00145. The van der Waals surface area contributed by atoms with Gasteiger partial charge in [-0.05, 0) is 24.3 Å². The largest absolute Gasteiger partial charge is 0.403 e. The minimum absolute atomic E-state index is 0.0331. The van der Waals surface area contributed by atoms with Crippen LogP contribution in [-0.4, -0.2) is 21.0 Å². The molecule has 1 aromatic heterocycles. The molecule has 2 aromatic carbocycles. The summed E-state index contributed by atoms with van der Waals surface area (Å²) < 4.78 is 5.34. The second-order valence-electron chi connectivity index (χ2n) is 4.91. The lowest BCUT2D eigenvalue weighted by Gasteiger charge is -2.03. The predicted octanol–water partition coefficient (Wildman–Crippen LogP) is 4.86. The van der Waals surface area contributed by atoms with Crippen LogP contribution in [0.3, 0.4) is 0 Å². The van der Waals surface area contributed by atoms with E-state index in [4.69, 9.17) is 39.2 Å². The van der Waals surface area contributed by atoms with Gasteiger partial charge < -0.3 is 4.42 Å². The van der Waals surface area contributed by atoms with Crippen molar-refractivity contribution < 1.29 is 14.1 Å². The van der Waals surface area contributed by atoms with Crippen LogP contribution in [0.1, 0.15) is 10.4 Å². The number of hydrogen-bond donors (Lipinski definition) is 1. The normalized spacial score (nSPS) is 10.6. The number of nitro benzene ring substituents is 1. The number of nitro groups is 1. The van der Waals surface area contributed by atoms with Crippen LogP contribution in [0.25, 0.3) is 11.5 Å². The van der Waals surface area contributed by atoms with Gasteiger partial charge in [0, 0.05) is 17.2 Å². The number of rotatable bonds is 4. The molecular formula is C15H7Cl3N4O4. The van der Waals surface area contributed by atoms with Crippen LogP contribution >= 0.6 is 34.8 Å². The van der Waals surface area contributed by atoms with Crippen LogP contribution < -0.4 is 5.32 Å². The van der Waals surface area contributed by atoms with Crippen molar-refractivity contribution in [3.05, 3.63) is 67.1 Å². The monoisotopic (exact) mass is 412 g/mol. The Labute approximate surface area is 160 Å². The van der Waals surface area contributed by atoms with E-state index in [-0.39, 0.29) is 28.2 Å². The number of carbonyl (C=O) groups excluding carboxylic acids is 1. The minimum atomic E-state index is -0.744. The molecule has 1 N–H and O–H groups in total. The van der Waals surface area contributed by atoms with Gasteiger partial charge >= 0.3 is 6.01 Å². The molecule has 1 heterocycles. The molecule has 3 aromatic rings. The molecular weight excluding hydrogens is 407 g/mol. The molecule has 0 spiro atoms. The molecule has 0 aliphatic carbocycles. The lowest BCUT2D eigenvalue weighted by molar-refractivity contribution is -0.384. The Morgan fingerprint density at radius 1 is 1.08 bits per heavy atom. The van der Waals surface area contributed by atoms with Gasteiger partial charge in [-0.25, -0.2) is 0 Å². The molecule has 0 fully saturated rings. The quantitative estimate of drug-likeness (QED) is 0.483. The zero-order valence-electron chi connectivity index (χ0n) is 12.6. The van der Waals surface area contributed by atoms with Gasteiger partial charge in [0.25, 0.3) is 17.5 Å². The number of nitrogens with one attached hydrogen (secondary N) is 1. The molecule has 0 saturated carbocycles. The topological polar surface area (TPSA) is 111 Å². The van der Waals surface area contributed by atoms with Gasteiger partial charge in [-0.2, -0.15) is 0 Å². The average Bonchev–Trinajstić information content (AvgIpc) is 3.05. The molecule has 3 rings (SSSR count). The zero-order chi connectivity index (χ0) is 18.8. The molecule has 0 unspecified atom stereocenters. The first kappa shape index (κ1) is 18.1. The van der Waals surface area contributed by atoms with Gasteiger partial charge in [-0.3, -0.25) is 20.2 Å². The van der Waals surface area contributed by atoms with Crippen molar-refractivity contribution >= 4 is 52.4 Å². The fourth-order valence-corrected chi connectivity index (χ4v) is 2.58. The van der Waals surface area contributed by atoms with Crippen molar-refractivity contribution in [2.75, 3.05) is 5.32 Å². The van der Waals surface area contributed by atoms with Crippen LogP contribution in [0.5, 0.6) is 0 Å². The maximum Gasteiger partial charge on any atom is 0.322 e. The lowest BCUT2D eigenvalue weighted by atomic mass is 10.2. The van der Waals surface area contributed by atoms with E-state index in [1.54, 1.807) is 12.1 Å². The SMILES string of the molecule is O=C(Nc1nnc(-c2cc(Cl)ccc2Cl)o1)c1cc([N+](=O)[O-])ccc1Cl. The number of carbonyl (C=O) groups is 1. The summed E-state index contributed by atoms with van der Waals surface area (Å²) in [5, 5.41) is 21.4. The van der Waals surface area contributed by atoms with Crippen molar-refractivity contribution in [2.45, 2.75) is 0 Å². The third kappa shape index (κ3) is 3.77. The summed E-state index contributed by atoms with van der Waals surface area (Å²) in [5.74, 6) is -0.705. The number of benzene rings is 2. The highest BCUT2D eigenvalue weighted by molar-refractivity contribution is 6.35. The van der Waals surface area contributed by atoms with Gasteiger partial charge in [0.2, 0.25) is 0 Å². The van der Waals surface area contributed by atoms with E-state index in [1.807, 2.05) is 0 Å². The fourth-order valence-electron chi connectivity index (χ4n) is 2.01. The maximum atomic E-state index is 12.3. The van der Waals surface area contributed by atoms with Crippen LogP contribution in [0.15, 0.2) is 40.8 Å². The standard InChI is InChI=1S/C15H7Cl3N4O4/c16-7-1-3-12(18)10(5-7)14-20-21-15(26-14)19-13(23)9-6-8(22(24)25)2-4-11(9)17/h1-6H,(H,19,21,23). The molecule has 0 aliphatic rings. The molecule has 0 aliphatic heterocycles. The summed E-state index contributed by atoms with van der Waals surface area (Å²) >= 11 is 17.9. The minimum Gasteiger partial charge on any atom is -0.403 e. The number of aromatic nitrogens is 2. The number of hydrogen-bond acceptors (Lipinski definition) is 6. The number of amides is 1. The number of non-ortho nitro benzene ring substituents is 1. The highest BCUT2D eigenvalue weighted by Gasteiger charge is 2.19. The lowest BCUT2D eigenvalue weighted by Crippen LogP contribution is -2.13. The number of anilines is 1. The molecule has 11 heteroatoms. The second kappa shape index (κ2) is 7.28. The maximum absolute atomic E-state index is 12.3. The van der Waals surface area contributed by atoms with E-state index in [2.05, 4.69) is 15.5 Å². The Hall–Kier alpha value is -2.68. The van der Waals surface area contributed by atoms with E-state index in [0.29, 0.717) is 15.6 Å². The highest BCUT2D eigenvalue weighted by Crippen LogP contribution is 2.30. The third-order valence-corrected chi connectivity index (χ3v) is 4.10. The first-order valence-corrected chi connectivity index (χ1v) is 8.03. The van der Waals surface area contributed by atoms with Crippen LogP contribution in [-0.2, 0) is 0 Å².